The molecule has 0 bridgehead atoms. The molecule has 1 atom stereocenters. The van der Waals surface area contributed by atoms with Crippen molar-refractivity contribution in [2.45, 2.75) is 142 Å². The number of unbranched alkanes of at least 4 members (excludes halogenated alkanes) is 2. The van der Waals surface area contributed by atoms with Gasteiger partial charge in [0.15, 0.2) is 5.71 Å². The van der Waals surface area contributed by atoms with Gasteiger partial charge in [-0.05, 0) is 94.2 Å². The lowest BCUT2D eigenvalue weighted by atomic mass is 9.76. The van der Waals surface area contributed by atoms with Gasteiger partial charge in [-0.2, -0.15) is 4.58 Å². The molecule has 0 radical (unpaired) electrons. The molecule has 2 aliphatic carbocycles. The quantitative estimate of drug-likeness (QED) is 0.0932. The van der Waals surface area contributed by atoms with Crippen LogP contribution in [0.2, 0.25) is 0 Å². The van der Waals surface area contributed by atoms with E-state index in [0.29, 0.717) is 0 Å². The fourth-order valence-electron chi connectivity index (χ4n) is 10.4. The molecule has 0 N–H and O–H groups in total. The van der Waals surface area contributed by atoms with Gasteiger partial charge in [0.1, 0.15) is 6.54 Å². The van der Waals surface area contributed by atoms with Crippen molar-refractivity contribution in [2.24, 2.45) is 11.8 Å². The van der Waals surface area contributed by atoms with Gasteiger partial charge in [0.05, 0.1) is 5.41 Å². The molecule has 2 fully saturated rings. The number of anilines is 1. The van der Waals surface area contributed by atoms with Gasteiger partial charge in [-0.3, -0.25) is 0 Å². The minimum Gasteiger partial charge on any atom is -0.344 e. The molecule has 3 aromatic rings. The molecular weight excluding hydrogens is 617 g/mol. The second-order valence-corrected chi connectivity index (χ2v) is 17.5. The lowest BCUT2D eigenvalue weighted by Crippen LogP contribution is -2.29. The second kappa shape index (κ2) is 15.7. The molecule has 2 nitrogen and oxygen atoms in total. The Balaban J connectivity index is 1.24. The van der Waals surface area contributed by atoms with E-state index >= 15 is 0 Å². The largest absolute Gasteiger partial charge is 0.344 e. The number of hydrogen-bond donors (Lipinski definition) is 0. The molecule has 3 aromatic carbocycles. The smallest absolute Gasteiger partial charge is 0.209 e. The van der Waals surface area contributed by atoms with E-state index in [2.05, 4.69) is 129 Å². The Labute approximate surface area is 310 Å². The Bertz CT molecular complexity index is 1800. The van der Waals surface area contributed by atoms with Crippen LogP contribution in [0.5, 0.6) is 0 Å². The molecule has 0 saturated heterocycles. The molecule has 7 rings (SSSR count). The third kappa shape index (κ3) is 7.45. The Morgan fingerprint density at radius 1 is 0.784 bits per heavy atom. The van der Waals surface area contributed by atoms with Gasteiger partial charge in [0, 0.05) is 47.5 Å². The average Bonchev–Trinajstić information content (AvgIpc) is 3.93. The number of benzene rings is 3. The van der Waals surface area contributed by atoms with Crippen LogP contribution in [0.15, 0.2) is 96.2 Å². The van der Waals surface area contributed by atoms with Crippen LogP contribution in [0, 0.1) is 11.8 Å². The van der Waals surface area contributed by atoms with E-state index in [1.165, 1.54) is 140 Å². The van der Waals surface area contributed by atoms with Crippen LogP contribution in [-0.2, 0) is 10.8 Å². The monoisotopic (exact) mass is 682 g/mol. The van der Waals surface area contributed by atoms with Crippen molar-refractivity contribution >= 4 is 27.9 Å². The van der Waals surface area contributed by atoms with Gasteiger partial charge >= 0.3 is 0 Å². The molecule has 2 aliphatic heterocycles. The van der Waals surface area contributed by atoms with Gasteiger partial charge in [-0.1, -0.05) is 137 Å². The first-order valence-corrected chi connectivity index (χ1v) is 20.8. The number of hydrogen-bond acceptors (Lipinski definition) is 1. The van der Waals surface area contributed by atoms with Gasteiger partial charge in [-0.15, -0.1) is 0 Å². The minimum atomic E-state index is -0.109. The Hall–Kier alpha value is -3.39. The highest BCUT2D eigenvalue weighted by molar-refractivity contribution is 6.03. The molecule has 2 heterocycles. The normalized spacial score (nSPS) is 22.6. The predicted octanol–water partition coefficient (Wildman–Crippen LogP) is 13.5. The first-order valence-electron chi connectivity index (χ1n) is 20.8. The summed E-state index contributed by atoms with van der Waals surface area (Å²) < 4.78 is 2.67. The minimum absolute atomic E-state index is 0.0306. The standard InChI is InChI=1S/C49H65N2/c1-37(2)33-34-49(5)46(51(36-17-15-24-39-21-8-9-22-39)44-32-31-40-25-10-11-26-41(40)47(44)49)30-18-29-45-48(3,4)42-27-12-13-28-43(42)50(45)35-16-14-23-38-19-6-7-20-38/h10-13,18,25-33,38-39H,6-9,14-17,19-24,34-36H2,1-5H3/q+1. The summed E-state index contributed by atoms with van der Waals surface area (Å²) in [5.41, 5.74) is 9.96. The third-order valence-electron chi connectivity index (χ3n) is 13.3. The summed E-state index contributed by atoms with van der Waals surface area (Å²) >= 11 is 0. The molecule has 0 spiro atoms. The summed E-state index contributed by atoms with van der Waals surface area (Å²) in [7, 11) is 0. The summed E-state index contributed by atoms with van der Waals surface area (Å²) in [5, 5.41) is 2.76. The number of fused-ring (bicyclic) bond motifs is 4. The van der Waals surface area contributed by atoms with Crippen LogP contribution in [0.4, 0.5) is 11.4 Å². The summed E-state index contributed by atoms with van der Waals surface area (Å²) in [4.78, 5) is 2.72. The van der Waals surface area contributed by atoms with Gasteiger partial charge in [-0.25, -0.2) is 0 Å². The van der Waals surface area contributed by atoms with Crippen LogP contribution in [0.25, 0.3) is 10.8 Å². The molecule has 270 valence electrons. The summed E-state index contributed by atoms with van der Waals surface area (Å²) in [6.07, 6.45) is 30.5. The molecular formula is C49H65N2+. The zero-order valence-corrected chi connectivity index (χ0v) is 32.7. The molecule has 51 heavy (non-hydrogen) atoms. The van der Waals surface area contributed by atoms with E-state index in [-0.39, 0.29) is 10.8 Å². The molecule has 2 saturated carbocycles. The third-order valence-corrected chi connectivity index (χ3v) is 13.3. The van der Waals surface area contributed by atoms with E-state index in [0.717, 1.165) is 31.3 Å². The molecule has 4 aliphatic rings. The maximum Gasteiger partial charge on any atom is 0.209 e. The summed E-state index contributed by atoms with van der Waals surface area (Å²) in [6.45, 7) is 14.1. The van der Waals surface area contributed by atoms with Gasteiger partial charge < -0.3 is 4.90 Å². The average molecular weight is 682 g/mol. The fourth-order valence-corrected chi connectivity index (χ4v) is 10.4. The van der Waals surface area contributed by atoms with E-state index < -0.39 is 0 Å². The van der Waals surface area contributed by atoms with Crippen molar-refractivity contribution < 1.29 is 4.58 Å². The zero-order valence-electron chi connectivity index (χ0n) is 32.7. The summed E-state index contributed by atoms with van der Waals surface area (Å²) in [5.74, 6) is 1.93. The number of allylic oxidation sites excluding steroid dienone is 6. The maximum atomic E-state index is 2.72. The molecule has 0 aromatic heterocycles. The SMILES string of the molecule is CC(C)=CCC1(C)C(=CC=CC2=[N+](CCCCC3CCCC3)c3ccccc3C2(C)C)N(CCCCC2CCCC2)c2ccc3ccccc3c21. The van der Waals surface area contributed by atoms with E-state index in [1.54, 1.807) is 0 Å². The van der Waals surface area contributed by atoms with Gasteiger partial charge in [0.2, 0.25) is 5.69 Å². The van der Waals surface area contributed by atoms with Crippen molar-refractivity contribution in [2.75, 3.05) is 18.0 Å². The van der Waals surface area contributed by atoms with Crippen molar-refractivity contribution in [1.29, 1.82) is 0 Å². The predicted molar refractivity (Wildman–Crippen MR) is 221 cm³/mol. The molecule has 1 unspecified atom stereocenters. The van der Waals surface area contributed by atoms with Crippen LogP contribution < -0.4 is 4.90 Å². The Kier molecular flexibility index (Phi) is 11.1. The number of para-hydroxylation sites is 1. The number of rotatable bonds is 14. The summed E-state index contributed by atoms with van der Waals surface area (Å²) in [6, 6.07) is 23.1. The topological polar surface area (TPSA) is 6.25 Å². The van der Waals surface area contributed by atoms with Crippen molar-refractivity contribution in [1.82, 2.24) is 0 Å². The second-order valence-electron chi connectivity index (χ2n) is 17.5. The molecule has 2 heteroatoms. The first-order chi connectivity index (χ1) is 24.8. The maximum absolute atomic E-state index is 2.72. The van der Waals surface area contributed by atoms with Crippen molar-refractivity contribution in [3.8, 4) is 0 Å². The Morgan fingerprint density at radius 2 is 1.45 bits per heavy atom. The zero-order chi connectivity index (χ0) is 35.4. The number of nitrogens with zero attached hydrogens (tertiary/aromatic N) is 2. The Morgan fingerprint density at radius 3 is 2.18 bits per heavy atom. The highest BCUT2D eigenvalue weighted by atomic mass is 15.2. The fraction of sp³-hybridized carbons (Fsp3) is 0.531. The van der Waals surface area contributed by atoms with Crippen molar-refractivity contribution in [3.05, 3.63) is 107 Å². The van der Waals surface area contributed by atoms with Crippen LogP contribution >= 0.6 is 0 Å². The lowest BCUT2D eigenvalue weighted by molar-refractivity contribution is -0.438. The van der Waals surface area contributed by atoms with Crippen molar-refractivity contribution in [3.63, 3.8) is 0 Å². The molecule has 0 amide bonds. The highest BCUT2D eigenvalue weighted by Gasteiger charge is 2.45. The van der Waals surface area contributed by atoms with Gasteiger partial charge in [0.25, 0.3) is 0 Å². The first kappa shape index (κ1) is 36.0. The van der Waals surface area contributed by atoms with E-state index in [1.807, 2.05) is 0 Å². The van der Waals surface area contributed by atoms with E-state index in [9.17, 15) is 0 Å². The van der Waals surface area contributed by atoms with Crippen LogP contribution in [0.3, 0.4) is 0 Å². The van der Waals surface area contributed by atoms with E-state index in [4.69, 9.17) is 0 Å². The highest BCUT2D eigenvalue weighted by Crippen LogP contribution is 2.53. The van der Waals surface area contributed by atoms with Crippen LogP contribution in [0.1, 0.15) is 142 Å². The lowest BCUT2D eigenvalue weighted by Gasteiger charge is -2.30. The van der Waals surface area contributed by atoms with Crippen LogP contribution in [-0.4, -0.2) is 23.4 Å².